The lowest BCUT2D eigenvalue weighted by Crippen LogP contribution is -2.52. The summed E-state index contributed by atoms with van der Waals surface area (Å²) in [6, 6.07) is 16.3. The molecule has 3 rings (SSSR count). The van der Waals surface area contributed by atoms with E-state index in [1.165, 1.54) is 36.0 Å². The quantitative estimate of drug-likeness (QED) is 0.482. The van der Waals surface area contributed by atoms with Crippen molar-refractivity contribution in [3.63, 3.8) is 0 Å². The van der Waals surface area contributed by atoms with E-state index in [9.17, 15) is 9.59 Å². The van der Waals surface area contributed by atoms with E-state index in [0.29, 0.717) is 18.7 Å². The van der Waals surface area contributed by atoms with Crippen molar-refractivity contribution in [3.8, 4) is 0 Å². The summed E-state index contributed by atoms with van der Waals surface area (Å²) >= 11 is 1.62. The lowest BCUT2D eigenvalue weighted by Gasteiger charge is -2.32. The van der Waals surface area contributed by atoms with Gasteiger partial charge >= 0.3 is 0 Å². The molecule has 1 fully saturated rings. The van der Waals surface area contributed by atoms with E-state index < -0.39 is 6.04 Å². The van der Waals surface area contributed by atoms with Crippen LogP contribution in [0.25, 0.3) is 0 Å². The molecule has 0 unspecified atom stereocenters. The van der Waals surface area contributed by atoms with E-state index in [1.54, 1.807) is 16.7 Å². The standard InChI is InChI=1S/C28H38N2O2S/c1-4-26(28(32)29-25-13-9-6-10-14-25)30(18-23-11-7-5-8-12-23)27(31)20-33-19-24-16-21(2)15-22(3)17-24/h5,7-8,11-12,15-17,25-26H,4,6,9-10,13-14,18-20H2,1-3H3,(H,29,32)/t26-/m0/s1. The highest BCUT2D eigenvalue weighted by atomic mass is 32.2. The van der Waals surface area contributed by atoms with Gasteiger partial charge < -0.3 is 10.2 Å². The maximum absolute atomic E-state index is 13.4. The minimum absolute atomic E-state index is 0.00649. The number of amides is 2. The van der Waals surface area contributed by atoms with Crippen LogP contribution in [0, 0.1) is 13.8 Å². The average molecular weight is 467 g/mol. The first kappa shape index (κ1) is 25.4. The molecule has 1 N–H and O–H groups in total. The first-order chi connectivity index (χ1) is 16.0. The van der Waals surface area contributed by atoms with Gasteiger partial charge in [0.1, 0.15) is 6.04 Å². The van der Waals surface area contributed by atoms with Gasteiger partial charge in [-0.25, -0.2) is 0 Å². The number of hydrogen-bond donors (Lipinski definition) is 1. The number of carbonyl (C=O) groups is 2. The molecule has 0 saturated heterocycles. The van der Waals surface area contributed by atoms with E-state index in [2.05, 4.69) is 37.4 Å². The minimum atomic E-state index is -0.443. The molecule has 2 aromatic rings. The summed E-state index contributed by atoms with van der Waals surface area (Å²) in [6.45, 7) is 6.66. The van der Waals surface area contributed by atoms with Crippen molar-refractivity contribution >= 4 is 23.6 Å². The zero-order valence-electron chi connectivity index (χ0n) is 20.3. The van der Waals surface area contributed by atoms with Gasteiger partial charge in [0.25, 0.3) is 0 Å². The van der Waals surface area contributed by atoms with Crippen LogP contribution < -0.4 is 5.32 Å². The fourth-order valence-corrected chi connectivity index (χ4v) is 5.58. The number of thioether (sulfide) groups is 1. The number of aryl methyl sites for hydroxylation is 2. The SMILES string of the molecule is CC[C@@H](C(=O)NC1CCCCC1)N(Cc1ccccc1)C(=O)CSCc1cc(C)cc(C)c1. The largest absolute Gasteiger partial charge is 0.352 e. The number of benzene rings is 2. The molecule has 178 valence electrons. The number of carbonyl (C=O) groups excluding carboxylic acids is 2. The van der Waals surface area contributed by atoms with E-state index in [-0.39, 0.29) is 17.9 Å². The van der Waals surface area contributed by atoms with Crippen LogP contribution in [0.15, 0.2) is 48.5 Å². The van der Waals surface area contributed by atoms with E-state index >= 15 is 0 Å². The van der Waals surface area contributed by atoms with Gasteiger partial charge in [-0.3, -0.25) is 9.59 Å². The van der Waals surface area contributed by atoms with Crippen LogP contribution in [-0.4, -0.2) is 34.6 Å². The van der Waals surface area contributed by atoms with Gasteiger partial charge in [0.05, 0.1) is 5.75 Å². The predicted octanol–water partition coefficient (Wildman–Crippen LogP) is 5.79. The molecule has 1 aliphatic carbocycles. The summed E-state index contributed by atoms with van der Waals surface area (Å²) in [5.41, 5.74) is 4.78. The summed E-state index contributed by atoms with van der Waals surface area (Å²) in [6.07, 6.45) is 6.28. The smallest absolute Gasteiger partial charge is 0.243 e. The molecular weight excluding hydrogens is 428 g/mol. The Labute approximate surface area is 203 Å². The second kappa shape index (κ2) is 12.8. The van der Waals surface area contributed by atoms with E-state index in [0.717, 1.165) is 24.2 Å². The van der Waals surface area contributed by atoms with Gasteiger partial charge in [0, 0.05) is 18.3 Å². The van der Waals surface area contributed by atoms with Crippen LogP contribution in [-0.2, 0) is 21.9 Å². The highest BCUT2D eigenvalue weighted by molar-refractivity contribution is 7.99. The van der Waals surface area contributed by atoms with Crippen molar-refractivity contribution in [1.29, 1.82) is 0 Å². The van der Waals surface area contributed by atoms with Gasteiger partial charge in [-0.05, 0) is 44.2 Å². The summed E-state index contributed by atoms with van der Waals surface area (Å²) < 4.78 is 0. The third-order valence-corrected chi connectivity index (χ3v) is 7.30. The normalized spacial score (nSPS) is 15.1. The molecule has 4 nitrogen and oxygen atoms in total. The van der Waals surface area contributed by atoms with Crippen molar-refractivity contribution in [2.45, 2.75) is 83.7 Å². The highest BCUT2D eigenvalue weighted by Crippen LogP contribution is 2.21. The summed E-state index contributed by atoms with van der Waals surface area (Å²) in [5.74, 6) is 1.18. The van der Waals surface area contributed by atoms with Crippen LogP contribution in [0.4, 0.5) is 0 Å². The fraction of sp³-hybridized carbons (Fsp3) is 0.500. The van der Waals surface area contributed by atoms with Gasteiger partial charge in [0.15, 0.2) is 0 Å². The second-order valence-corrected chi connectivity index (χ2v) is 10.2. The topological polar surface area (TPSA) is 49.4 Å². The molecule has 1 atom stereocenters. The zero-order valence-corrected chi connectivity index (χ0v) is 21.1. The lowest BCUT2D eigenvalue weighted by molar-refractivity contribution is -0.139. The minimum Gasteiger partial charge on any atom is -0.352 e. The molecule has 0 spiro atoms. The molecule has 0 heterocycles. The number of hydrogen-bond acceptors (Lipinski definition) is 3. The number of nitrogens with zero attached hydrogens (tertiary/aromatic N) is 1. The van der Waals surface area contributed by atoms with Crippen LogP contribution >= 0.6 is 11.8 Å². The molecular formula is C28H38N2O2S. The maximum Gasteiger partial charge on any atom is 0.243 e. The van der Waals surface area contributed by atoms with Gasteiger partial charge in [-0.1, -0.05) is 85.8 Å². The van der Waals surface area contributed by atoms with Crippen LogP contribution in [0.5, 0.6) is 0 Å². The Balaban J connectivity index is 1.68. The molecule has 2 aromatic carbocycles. The van der Waals surface area contributed by atoms with Crippen molar-refractivity contribution in [1.82, 2.24) is 10.2 Å². The Morgan fingerprint density at radius 1 is 1.00 bits per heavy atom. The monoisotopic (exact) mass is 466 g/mol. The van der Waals surface area contributed by atoms with Crippen molar-refractivity contribution < 1.29 is 9.59 Å². The number of rotatable bonds is 10. The Hall–Kier alpha value is -2.27. The average Bonchev–Trinajstić information content (AvgIpc) is 2.79. The van der Waals surface area contributed by atoms with Crippen LogP contribution in [0.3, 0.4) is 0 Å². The third-order valence-electron chi connectivity index (χ3n) is 6.31. The predicted molar refractivity (Wildman–Crippen MR) is 138 cm³/mol. The summed E-state index contributed by atoms with van der Waals surface area (Å²) in [5, 5.41) is 3.25. The Morgan fingerprint density at radius 3 is 2.30 bits per heavy atom. The summed E-state index contributed by atoms with van der Waals surface area (Å²) in [4.78, 5) is 28.4. The Kier molecular flexibility index (Phi) is 9.86. The van der Waals surface area contributed by atoms with Crippen LogP contribution in [0.2, 0.25) is 0 Å². The first-order valence-electron chi connectivity index (χ1n) is 12.2. The van der Waals surface area contributed by atoms with E-state index in [1.807, 2.05) is 37.3 Å². The maximum atomic E-state index is 13.4. The molecule has 1 saturated carbocycles. The van der Waals surface area contributed by atoms with Crippen molar-refractivity contribution in [3.05, 3.63) is 70.8 Å². The third kappa shape index (κ3) is 7.92. The molecule has 0 radical (unpaired) electrons. The first-order valence-corrected chi connectivity index (χ1v) is 13.4. The molecule has 0 aromatic heterocycles. The van der Waals surface area contributed by atoms with Gasteiger partial charge in [-0.15, -0.1) is 11.8 Å². The lowest BCUT2D eigenvalue weighted by atomic mass is 9.95. The van der Waals surface area contributed by atoms with Crippen LogP contribution in [0.1, 0.15) is 67.7 Å². The van der Waals surface area contributed by atoms with Gasteiger partial charge in [0.2, 0.25) is 11.8 Å². The molecule has 33 heavy (non-hydrogen) atoms. The molecule has 2 amide bonds. The fourth-order valence-electron chi connectivity index (χ4n) is 4.74. The summed E-state index contributed by atoms with van der Waals surface area (Å²) in [7, 11) is 0. The van der Waals surface area contributed by atoms with Crippen molar-refractivity contribution in [2.75, 3.05) is 5.75 Å². The molecule has 1 aliphatic rings. The second-order valence-electron chi connectivity index (χ2n) is 9.26. The van der Waals surface area contributed by atoms with Crippen molar-refractivity contribution in [2.24, 2.45) is 0 Å². The van der Waals surface area contributed by atoms with Gasteiger partial charge in [-0.2, -0.15) is 0 Å². The zero-order chi connectivity index (χ0) is 23.6. The highest BCUT2D eigenvalue weighted by Gasteiger charge is 2.30. The Bertz CT molecular complexity index is 889. The molecule has 0 bridgehead atoms. The molecule has 0 aliphatic heterocycles. The number of nitrogens with one attached hydrogen (secondary N) is 1. The Morgan fingerprint density at radius 2 is 1.67 bits per heavy atom. The van der Waals surface area contributed by atoms with E-state index in [4.69, 9.17) is 0 Å². The molecule has 5 heteroatoms.